The Hall–Kier alpha value is -0.600. The molecule has 0 aromatic carbocycles. The highest BCUT2D eigenvalue weighted by atomic mass is 35.5. The Balaban J connectivity index is 2.15. The summed E-state index contributed by atoms with van der Waals surface area (Å²) in [6.45, 7) is 8.03. The number of rotatable bonds is 5. The van der Waals surface area contributed by atoms with Gasteiger partial charge in [0.15, 0.2) is 0 Å². The minimum Gasteiger partial charge on any atom is -0.308 e. The van der Waals surface area contributed by atoms with Crippen LogP contribution in [0.1, 0.15) is 58.2 Å². The fourth-order valence-corrected chi connectivity index (χ4v) is 3.78. The van der Waals surface area contributed by atoms with E-state index in [9.17, 15) is 0 Å². The van der Waals surface area contributed by atoms with Crippen LogP contribution in [0.3, 0.4) is 0 Å². The molecule has 0 bridgehead atoms. The number of halogens is 1. The normalized spacial score (nSPS) is 28.3. The van der Waals surface area contributed by atoms with Crippen LogP contribution in [0.25, 0.3) is 0 Å². The van der Waals surface area contributed by atoms with Gasteiger partial charge >= 0.3 is 0 Å². The quantitative estimate of drug-likeness (QED) is 0.840. The van der Waals surface area contributed by atoms with Crippen molar-refractivity contribution >= 4 is 11.6 Å². The van der Waals surface area contributed by atoms with Crippen molar-refractivity contribution in [3.8, 4) is 0 Å². The molecule has 2 rings (SSSR count). The Labute approximate surface area is 128 Å². The fourth-order valence-electron chi connectivity index (χ4n) is 3.67. The topological polar surface area (TPSA) is 24.9 Å². The van der Waals surface area contributed by atoms with Gasteiger partial charge in [0, 0.05) is 6.20 Å². The number of aromatic nitrogens is 1. The molecule has 20 heavy (non-hydrogen) atoms. The van der Waals surface area contributed by atoms with Crippen LogP contribution in [-0.4, -0.2) is 11.5 Å². The van der Waals surface area contributed by atoms with Gasteiger partial charge in [0.05, 0.1) is 16.8 Å². The monoisotopic (exact) mass is 294 g/mol. The summed E-state index contributed by atoms with van der Waals surface area (Å²) in [5, 5.41) is 4.43. The third-order valence-corrected chi connectivity index (χ3v) is 4.59. The smallest absolute Gasteiger partial charge is 0.0589 e. The first kappa shape index (κ1) is 15.8. The first-order valence-electron chi connectivity index (χ1n) is 7.95. The van der Waals surface area contributed by atoms with Gasteiger partial charge in [0.2, 0.25) is 0 Å². The average Bonchev–Trinajstić information content (AvgIpc) is 2.40. The van der Waals surface area contributed by atoms with Crippen molar-refractivity contribution in [1.29, 1.82) is 0 Å². The van der Waals surface area contributed by atoms with Crippen molar-refractivity contribution in [2.45, 2.75) is 52.5 Å². The fraction of sp³-hybridized carbons (Fsp3) is 0.706. The summed E-state index contributed by atoms with van der Waals surface area (Å²) in [6, 6.07) is 4.41. The lowest BCUT2D eigenvalue weighted by molar-refractivity contribution is 0.174. The zero-order valence-corrected chi connectivity index (χ0v) is 13.7. The second-order valence-corrected chi connectivity index (χ2v) is 6.95. The maximum Gasteiger partial charge on any atom is 0.0589 e. The maximum absolute atomic E-state index is 5.97. The van der Waals surface area contributed by atoms with E-state index in [1.54, 1.807) is 6.20 Å². The van der Waals surface area contributed by atoms with E-state index in [0.717, 1.165) is 30.5 Å². The molecule has 0 radical (unpaired) electrons. The minimum absolute atomic E-state index is 0.373. The molecule has 2 nitrogen and oxygen atoms in total. The van der Waals surface area contributed by atoms with Crippen molar-refractivity contribution < 1.29 is 0 Å². The number of nitrogens with zero attached hydrogens (tertiary/aromatic N) is 1. The zero-order chi connectivity index (χ0) is 14.5. The van der Waals surface area contributed by atoms with Crippen molar-refractivity contribution in [2.24, 2.45) is 17.8 Å². The van der Waals surface area contributed by atoms with Gasteiger partial charge in [-0.15, -0.1) is 0 Å². The number of pyridine rings is 1. The summed E-state index contributed by atoms with van der Waals surface area (Å²) in [5.74, 6) is 2.33. The lowest BCUT2D eigenvalue weighted by Crippen LogP contribution is -2.34. The van der Waals surface area contributed by atoms with Crippen LogP contribution >= 0.6 is 11.6 Å². The summed E-state index contributed by atoms with van der Waals surface area (Å²) in [5.41, 5.74) is 1.15. The standard InChI is InChI=1S/C17H27ClN2/c1-4-7-19-17(16-6-5-15(18)11-20-16)14-9-12(2)8-13(3)10-14/h5-6,11-14,17,19H,4,7-10H2,1-3H3. The predicted octanol–water partition coefficient (Wildman–Crippen LogP) is 4.85. The van der Waals surface area contributed by atoms with E-state index < -0.39 is 0 Å². The lowest BCUT2D eigenvalue weighted by atomic mass is 9.73. The molecular formula is C17H27ClN2. The minimum atomic E-state index is 0.373. The van der Waals surface area contributed by atoms with Crippen LogP contribution in [0.5, 0.6) is 0 Å². The molecule has 1 fully saturated rings. The molecule has 1 aromatic heterocycles. The molecule has 3 unspecified atom stereocenters. The first-order chi connectivity index (χ1) is 9.60. The molecule has 0 spiro atoms. The molecule has 1 aliphatic rings. The largest absolute Gasteiger partial charge is 0.308 e. The van der Waals surface area contributed by atoms with E-state index in [-0.39, 0.29) is 0 Å². The van der Waals surface area contributed by atoms with E-state index in [1.165, 1.54) is 19.3 Å². The number of hydrogen-bond acceptors (Lipinski definition) is 2. The second-order valence-electron chi connectivity index (χ2n) is 6.51. The third kappa shape index (κ3) is 4.20. The summed E-state index contributed by atoms with van der Waals surface area (Å²) in [7, 11) is 0. The van der Waals surface area contributed by atoms with Gasteiger partial charge in [-0.25, -0.2) is 0 Å². The van der Waals surface area contributed by atoms with Gasteiger partial charge in [0.25, 0.3) is 0 Å². The number of nitrogens with one attached hydrogen (secondary N) is 1. The van der Waals surface area contributed by atoms with E-state index in [2.05, 4.69) is 37.1 Å². The van der Waals surface area contributed by atoms with Crippen molar-refractivity contribution in [3.63, 3.8) is 0 Å². The molecule has 0 aliphatic heterocycles. The summed E-state index contributed by atoms with van der Waals surface area (Å²) in [4.78, 5) is 4.56. The Bertz CT molecular complexity index is 394. The molecule has 0 saturated heterocycles. The lowest BCUT2D eigenvalue weighted by Gasteiger charge is -2.36. The molecule has 1 aromatic rings. The van der Waals surface area contributed by atoms with Gasteiger partial charge in [-0.3, -0.25) is 4.98 Å². The first-order valence-corrected chi connectivity index (χ1v) is 8.32. The SMILES string of the molecule is CCCNC(c1ccc(Cl)cn1)C1CC(C)CC(C)C1. The summed E-state index contributed by atoms with van der Waals surface area (Å²) >= 11 is 5.97. The van der Waals surface area contributed by atoms with E-state index in [0.29, 0.717) is 17.0 Å². The van der Waals surface area contributed by atoms with E-state index in [4.69, 9.17) is 11.6 Å². The molecule has 3 heteroatoms. The highest BCUT2D eigenvalue weighted by molar-refractivity contribution is 6.30. The average molecular weight is 295 g/mol. The Morgan fingerprint density at radius 1 is 1.25 bits per heavy atom. The molecular weight excluding hydrogens is 268 g/mol. The highest BCUT2D eigenvalue weighted by Crippen LogP contribution is 2.39. The molecule has 1 saturated carbocycles. The van der Waals surface area contributed by atoms with Crippen molar-refractivity contribution in [1.82, 2.24) is 10.3 Å². The van der Waals surface area contributed by atoms with Crippen molar-refractivity contribution in [3.05, 3.63) is 29.0 Å². The van der Waals surface area contributed by atoms with E-state index in [1.807, 2.05) is 6.07 Å². The Morgan fingerprint density at radius 3 is 2.50 bits per heavy atom. The van der Waals surface area contributed by atoms with Crippen LogP contribution in [0.15, 0.2) is 18.3 Å². The van der Waals surface area contributed by atoms with Crippen molar-refractivity contribution in [2.75, 3.05) is 6.54 Å². The third-order valence-electron chi connectivity index (χ3n) is 4.37. The zero-order valence-electron chi connectivity index (χ0n) is 12.9. The van der Waals surface area contributed by atoms with Gasteiger partial charge in [-0.1, -0.05) is 32.4 Å². The molecule has 1 aliphatic carbocycles. The highest BCUT2D eigenvalue weighted by Gasteiger charge is 2.31. The van der Waals surface area contributed by atoms with Crippen LogP contribution in [0.2, 0.25) is 5.02 Å². The van der Waals surface area contributed by atoms with Crippen LogP contribution in [-0.2, 0) is 0 Å². The Kier molecular flexibility index (Phi) is 5.86. The summed E-state index contributed by atoms with van der Waals surface area (Å²) < 4.78 is 0. The molecule has 0 amide bonds. The maximum atomic E-state index is 5.97. The van der Waals surface area contributed by atoms with Crippen LogP contribution in [0, 0.1) is 17.8 Å². The molecule has 112 valence electrons. The predicted molar refractivity (Wildman–Crippen MR) is 86.0 cm³/mol. The van der Waals surface area contributed by atoms with Gasteiger partial charge < -0.3 is 5.32 Å². The van der Waals surface area contributed by atoms with Crippen LogP contribution < -0.4 is 5.32 Å². The summed E-state index contributed by atoms with van der Waals surface area (Å²) in [6.07, 6.45) is 6.90. The second kappa shape index (κ2) is 7.42. The van der Waals surface area contributed by atoms with Crippen LogP contribution in [0.4, 0.5) is 0 Å². The van der Waals surface area contributed by atoms with Gasteiger partial charge in [-0.2, -0.15) is 0 Å². The molecule has 1 heterocycles. The van der Waals surface area contributed by atoms with E-state index >= 15 is 0 Å². The van der Waals surface area contributed by atoms with Gasteiger partial charge in [0.1, 0.15) is 0 Å². The van der Waals surface area contributed by atoms with Gasteiger partial charge in [-0.05, 0) is 62.1 Å². The molecule has 3 atom stereocenters. The Morgan fingerprint density at radius 2 is 1.95 bits per heavy atom. The number of hydrogen-bond donors (Lipinski definition) is 1. The molecule has 1 N–H and O–H groups in total.